The van der Waals surface area contributed by atoms with E-state index in [1.165, 1.54) is 5.56 Å². The number of hydrogen-bond donors (Lipinski definition) is 0. The lowest BCUT2D eigenvalue weighted by atomic mass is 10.2. The van der Waals surface area contributed by atoms with Crippen molar-refractivity contribution < 1.29 is 4.74 Å². The molecule has 0 radical (unpaired) electrons. The first-order chi connectivity index (χ1) is 7.86. The van der Waals surface area contributed by atoms with Crippen molar-refractivity contribution in [1.82, 2.24) is 4.90 Å². The maximum Gasteiger partial charge on any atom is 0.0989 e. The quantitative estimate of drug-likeness (QED) is 0.536. The second-order valence-electron chi connectivity index (χ2n) is 3.63. The molecule has 0 heterocycles. The van der Waals surface area contributed by atoms with Gasteiger partial charge < -0.3 is 4.74 Å². The zero-order valence-corrected chi connectivity index (χ0v) is 10.1. The number of ether oxygens (including phenoxy) is 1. The Morgan fingerprint density at radius 2 is 2.00 bits per heavy atom. The zero-order valence-electron chi connectivity index (χ0n) is 10.1. The lowest BCUT2D eigenvalue weighted by Gasteiger charge is -2.20. The number of rotatable bonds is 6. The van der Waals surface area contributed by atoms with E-state index < -0.39 is 0 Å². The highest BCUT2D eigenvalue weighted by molar-refractivity contribution is 5.14. The topological polar surface area (TPSA) is 12.5 Å². The average Bonchev–Trinajstić information content (AvgIpc) is 2.31. The smallest absolute Gasteiger partial charge is 0.0989 e. The Morgan fingerprint density at radius 3 is 2.62 bits per heavy atom. The van der Waals surface area contributed by atoms with E-state index in [1.54, 1.807) is 7.11 Å². The first-order valence-electron chi connectivity index (χ1n) is 5.51. The average molecular weight is 217 g/mol. The van der Waals surface area contributed by atoms with E-state index in [-0.39, 0.29) is 0 Å². The molecule has 1 rings (SSSR count). The van der Waals surface area contributed by atoms with Crippen molar-refractivity contribution in [3.63, 3.8) is 0 Å². The number of hydrogen-bond acceptors (Lipinski definition) is 2. The van der Waals surface area contributed by atoms with Crippen molar-refractivity contribution >= 4 is 0 Å². The van der Waals surface area contributed by atoms with Crippen LogP contribution in [0.3, 0.4) is 0 Å². The van der Waals surface area contributed by atoms with Crippen molar-refractivity contribution in [3.8, 4) is 11.8 Å². The van der Waals surface area contributed by atoms with Gasteiger partial charge in [-0.05, 0) is 12.5 Å². The Bertz CT molecular complexity index is 337. The highest BCUT2D eigenvalue weighted by Crippen LogP contribution is 2.04. The van der Waals surface area contributed by atoms with Crippen LogP contribution in [0.25, 0.3) is 0 Å². The molecular weight excluding hydrogens is 198 g/mol. The predicted molar refractivity (Wildman–Crippen MR) is 66.8 cm³/mol. The van der Waals surface area contributed by atoms with Crippen LogP contribution >= 0.6 is 0 Å². The summed E-state index contributed by atoms with van der Waals surface area (Å²) in [4.78, 5) is 2.25. The van der Waals surface area contributed by atoms with E-state index >= 15 is 0 Å². The van der Waals surface area contributed by atoms with Gasteiger partial charge >= 0.3 is 0 Å². The molecule has 0 aliphatic carbocycles. The third kappa shape index (κ3) is 4.97. The van der Waals surface area contributed by atoms with Gasteiger partial charge in [-0.15, -0.1) is 11.8 Å². The molecule has 0 N–H and O–H groups in total. The molecule has 0 spiro atoms. The van der Waals surface area contributed by atoms with Gasteiger partial charge in [0.2, 0.25) is 0 Å². The predicted octanol–water partition coefficient (Wildman–Crippen LogP) is 2.51. The number of methoxy groups -OCH3 is 1. The van der Waals surface area contributed by atoms with Crippen LogP contribution in [0.4, 0.5) is 0 Å². The minimum absolute atomic E-state index is 0.653. The lowest BCUT2D eigenvalue weighted by Crippen LogP contribution is -2.26. The number of benzene rings is 1. The first-order valence-corrected chi connectivity index (χ1v) is 5.51. The fourth-order valence-electron chi connectivity index (χ4n) is 1.55. The fourth-order valence-corrected chi connectivity index (χ4v) is 1.55. The van der Waals surface area contributed by atoms with Gasteiger partial charge in [0.05, 0.1) is 6.73 Å². The summed E-state index contributed by atoms with van der Waals surface area (Å²) in [7, 11) is 1.73. The summed E-state index contributed by atoms with van der Waals surface area (Å²) in [6.45, 7) is 4.39. The van der Waals surface area contributed by atoms with E-state index in [0.717, 1.165) is 19.5 Å². The molecule has 2 nitrogen and oxygen atoms in total. The second-order valence-corrected chi connectivity index (χ2v) is 3.63. The van der Waals surface area contributed by atoms with E-state index in [4.69, 9.17) is 4.74 Å². The normalized spacial score (nSPS) is 9.94. The summed E-state index contributed by atoms with van der Waals surface area (Å²) in [5.74, 6) is 5.99. The van der Waals surface area contributed by atoms with E-state index in [9.17, 15) is 0 Å². The molecule has 1 aromatic carbocycles. The number of nitrogens with zero attached hydrogens (tertiary/aromatic N) is 1. The van der Waals surface area contributed by atoms with Gasteiger partial charge in [-0.25, -0.2) is 0 Å². The van der Waals surface area contributed by atoms with Crippen LogP contribution < -0.4 is 0 Å². The molecule has 0 saturated carbocycles. The summed E-state index contributed by atoms with van der Waals surface area (Å²) in [5, 5.41) is 0. The van der Waals surface area contributed by atoms with Gasteiger partial charge in [0.1, 0.15) is 0 Å². The Hall–Kier alpha value is -1.30. The first kappa shape index (κ1) is 12.8. The van der Waals surface area contributed by atoms with Crippen LogP contribution in [0.1, 0.15) is 18.9 Å². The minimum Gasteiger partial charge on any atom is -0.369 e. The molecule has 0 amide bonds. The van der Waals surface area contributed by atoms with Crippen LogP contribution in [0.15, 0.2) is 30.3 Å². The summed E-state index contributed by atoms with van der Waals surface area (Å²) < 4.78 is 5.18. The van der Waals surface area contributed by atoms with Crippen LogP contribution in [0.2, 0.25) is 0 Å². The van der Waals surface area contributed by atoms with E-state index in [1.807, 2.05) is 13.0 Å². The zero-order chi connectivity index (χ0) is 11.6. The molecule has 1 aromatic rings. The summed E-state index contributed by atoms with van der Waals surface area (Å²) in [5.41, 5.74) is 1.31. The Kier molecular flexibility index (Phi) is 6.32. The van der Waals surface area contributed by atoms with Crippen molar-refractivity contribution in [1.29, 1.82) is 0 Å². The lowest BCUT2D eigenvalue weighted by molar-refractivity contribution is 0.0595. The summed E-state index contributed by atoms with van der Waals surface area (Å²) >= 11 is 0. The van der Waals surface area contributed by atoms with Gasteiger partial charge in [-0.3, -0.25) is 4.90 Å². The minimum atomic E-state index is 0.653. The van der Waals surface area contributed by atoms with Crippen molar-refractivity contribution in [2.75, 3.05) is 20.4 Å². The molecule has 0 atom stereocenters. The van der Waals surface area contributed by atoms with Crippen molar-refractivity contribution in [2.45, 2.75) is 19.9 Å². The van der Waals surface area contributed by atoms with Gasteiger partial charge in [0, 0.05) is 26.6 Å². The van der Waals surface area contributed by atoms with E-state index in [2.05, 4.69) is 41.0 Å². The second kappa shape index (κ2) is 7.92. The van der Waals surface area contributed by atoms with Gasteiger partial charge in [0.15, 0.2) is 0 Å². The Morgan fingerprint density at radius 1 is 1.25 bits per heavy atom. The molecule has 16 heavy (non-hydrogen) atoms. The standard InChI is InChI=1S/C14H19NO/c1-3-4-8-11-15(13-16-2)12-14-9-6-5-7-10-14/h5-7,9-10H,8,11-13H2,1-2H3. The monoisotopic (exact) mass is 217 g/mol. The third-order valence-corrected chi connectivity index (χ3v) is 2.29. The van der Waals surface area contributed by atoms with Crippen LogP contribution in [-0.4, -0.2) is 25.3 Å². The summed E-state index contributed by atoms with van der Waals surface area (Å²) in [6, 6.07) is 10.4. The SMILES string of the molecule is CC#CCCN(COC)Cc1ccccc1. The molecule has 0 unspecified atom stereocenters. The van der Waals surface area contributed by atoms with Gasteiger partial charge in [-0.1, -0.05) is 30.3 Å². The van der Waals surface area contributed by atoms with Crippen LogP contribution in [0, 0.1) is 11.8 Å². The molecule has 0 aliphatic rings. The fraction of sp³-hybridized carbons (Fsp3) is 0.429. The maximum atomic E-state index is 5.18. The largest absolute Gasteiger partial charge is 0.369 e. The van der Waals surface area contributed by atoms with Crippen LogP contribution in [0.5, 0.6) is 0 Å². The highest BCUT2D eigenvalue weighted by atomic mass is 16.5. The van der Waals surface area contributed by atoms with Gasteiger partial charge in [0.25, 0.3) is 0 Å². The molecule has 0 bridgehead atoms. The Labute approximate surface area is 98.2 Å². The van der Waals surface area contributed by atoms with E-state index in [0.29, 0.717) is 6.73 Å². The Balaban J connectivity index is 2.46. The molecule has 0 fully saturated rings. The molecule has 0 saturated heterocycles. The molecular formula is C14H19NO. The molecule has 86 valence electrons. The van der Waals surface area contributed by atoms with Crippen LogP contribution in [-0.2, 0) is 11.3 Å². The highest BCUT2D eigenvalue weighted by Gasteiger charge is 2.03. The van der Waals surface area contributed by atoms with Gasteiger partial charge in [-0.2, -0.15) is 0 Å². The molecule has 2 heteroatoms. The molecule has 0 aromatic heterocycles. The van der Waals surface area contributed by atoms with Crippen molar-refractivity contribution in [3.05, 3.63) is 35.9 Å². The maximum absolute atomic E-state index is 5.18. The third-order valence-electron chi connectivity index (χ3n) is 2.29. The molecule has 0 aliphatic heterocycles. The van der Waals surface area contributed by atoms with Crippen molar-refractivity contribution in [2.24, 2.45) is 0 Å². The summed E-state index contributed by atoms with van der Waals surface area (Å²) in [6.07, 6.45) is 0.896.